The van der Waals surface area contributed by atoms with Crippen molar-refractivity contribution in [2.24, 2.45) is 0 Å². The molecule has 0 saturated carbocycles. The Labute approximate surface area is 202 Å². The van der Waals surface area contributed by atoms with Crippen LogP contribution in [0.5, 0.6) is 11.5 Å². The number of imide groups is 1. The Bertz CT molecular complexity index is 1470. The third-order valence-corrected chi connectivity index (χ3v) is 7.19. The van der Waals surface area contributed by atoms with Gasteiger partial charge in [0.2, 0.25) is 6.79 Å². The van der Waals surface area contributed by atoms with Gasteiger partial charge in [0.15, 0.2) is 22.5 Å². The number of benzene rings is 2. The molecule has 4 aromatic rings. The molecule has 9 nitrogen and oxygen atoms in total. The maximum atomic E-state index is 12.8. The van der Waals surface area contributed by atoms with Crippen LogP contribution in [0.4, 0.5) is 5.82 Å². The average Bonchev–Trinajstić information content (AvgIpc) is 3.49. The summed E-state index contributed by atoms with van der Waals surface area (Å²) >= 11 is 7.81. The highest BCUT2D eigenvalue weighted by Gasteiger charge is 2.35. The molecule has 0 unspecified atom stereocenters. The van der Waals surface area contributed by atoms with Gasteiger partial charge in [-0.05, 0) is 36.0 Å². The van der Waals surface area contributed by atoms with Crippen molar-refractivity contribution in [3.05, 3.63) is 64.8 Å². The minimum Gasteiger partial charge on any atom is -0.454 e. The standard InChI is InChI=1S/C23H16ClN5O4S/c24-14-9-16-17(33-11-32-16)10-18(14)34-23-27-19-15(5-6-26-20(19)25)28(23)7-8-29-21(30)12-3-1-2-4-13(12)22(29)31/h1-6,9-10H,7-8,11H2,(H2,25,26). The number of nitrogens with two attached hydrogens (primary N) is 1. The van der Waals surface area contributed by atoms with Crippen molar-refractivity contribution in [1.82, 2.24) is 19.4 Å². The molecule has 0 spiro atoms. The van der Waals surface area contributed by atoms with Gasteiger partial charge in [-0.25, -0.2) is 9.97 Å². The molecule has 2 aliphatic rings. The highest BCUT2D eigenvalue weighted by molar-refractivity contribution is 7.99. The van der Waals surface area contributed by atoms with Crippen LogP contribution in [0.2, 0.25) is 5.02 Å². The predicted molar refractivity (Wildman–Crippen MR) is 125 cm³/mol. The number of nitrogens with zero attached hydrogens (tertiary/aromatic N) is 4. The molecule has 170 valence electrons. The number of halogens is 1. The number of anilines is 1. The van der Waals surface area contributed by atoms with Crippen LogP contribution in [-0.4, -0.2) is 44.6 Å². The Balaban J connectivity index is 1.35. The van der Waals surface area contributed by atoms with Gasteiger partial charge in [0.25, 0.3) is 11.8 Å². The van der Waals surface area contributed by atoms with Crippen LogP contribution < -0.4 is 15.2 Å². The lowest BCUT2D eigenvalue weighted by Gasteiger charge is -2.16. The van der Waals surface area contributed by atoms with Gasteiger partial charge in [0.1, 0.15) is 5.52 Å². The van der Waals surface area contributed by atoms with Crippen molar-refractivity contribution in [2.45, 2.75) is 16.6 Å². The lowest BCUT2D eigenvalue weighted by molar-refractivity contribution is 0.0648. The molecule has 2 aliphatic heterocycles. The van der Waals surface area contributed by atoms with E-state index < -0.39 is 0 Å². The summed E-state index contributed by atoms with van der Waals surface area (Å²) in [4.78, 5) is 36.4. The van der Waals surface area contributed by atoms with E-state index in [2.05, 4.69) is 9.97 Å². The van der Waals surface area contributed by atoms with E-state index in [9.17, 15) is 9.59 Å². The van der Waals surface area contributed by atoms with Gasteiger partial charge in [0, 0.05) is 30.2 Å². The average molecular weight is 494 g/mol. The molecule has 2 aromatic heterocycles. The highest BCUT2D eigenvalue weighted by Crippen LogP contribution is 2.43. The monoisotopic (exact) mass is 493 g/mol. The van der Waals surface area contributed by atoms with Gasteiger partial charge in [0.05, 0.1) is 21.7 Å². The second-order valence-corrected chi connectivity index (χ2v) is 9.07. The number of pyridine rings is 1. The molecule has 0 fully saturated rings. The minimum absolute atomic E-state index is 0.140. The molecule has 0 atom stereocenters. The number of aromatic nitrogens is 3. The maximum Gasteiger partial charge on any atom is 0.261 e. The van der Waals surface area contributed by atoms with Gasteiger partial charge in [-0.2, -0.15) is 0 Å². The van der Waals surface area contributed by atoms with E-state index in [4.69, 9.17) is 26.8 Å². The topological polar surface area (TPSA) is 113 Å². The minimum atomic E-state index is -0.306. The molecule has 11 heteroatoms. The number of amides is 2. The molecule has 0 radical (unpaired) electrons. The van der Waals surface area contributed by atoms with E-state index in [-0.39, 0.29) is 31.0 Å². The second kappa shape index (κ2) is 7.93. The summed E-state index contributed by atoms with van der Waals surface area (Å²) in [5.74, 6) is 0.859. The molecule has 34 heavy (non-hydrogen) atoms. The third kappa shape index (κ3) is 3.25. The zero-order valence-electron chi connectivity index (χ0n) is 17.5. The number of fused-ring (bicyclic) bond motifs is 3. The molecule has 0 aliphatic carbocycles. The van der Waals surface area contributed by atoms with Crippen molar-refractivity contribution in [3.63, 3.8) is 0 Å². The number of ether oxygens (including phenoxy) is 2. The second-order valence-electron chi connectivity index (χ2n) is 7.66. The van der Waals surface area contributed by atoms with Crippen LogP contribution in [-0.2, 0) is 6.54 Å². The fraction of sp³-hybridized carbons (Fsp3) is 0.130. The third-order valence-electron chi connectivity index (χ3n) is 5.71. The lowest BCUT2D eigenvalue weighted by atomic mass is 10.1. The van der Waals surface area contributed by atoms with E-state index in [1.165, 1.54) is 16.7 Å². The number of hydrogen-bond acceptors (Lipinski definition) is 8. The summed E-state index contributed by atoms with van der Waals surface area (Å²) in [6.45, 7) is 0.624. The zero-order valence-corrected chi connectivity index (χ0v) is 19.1. The molecule has 6 rings (SSSR count). The van der Waals surface area contributed by atoms with E-state index in [1.54, 1.807) is 48.7 Å². The summed E-state index contributed by atoms with van der Waals surface area (Å²) in [6, 6.07) is 12.1. The maximum absolute atomic E-state index is 12.8. The molecule has 4 heterocycles. The van der Waals surface area contributed by atoms with Gasteiger partial charge < -0.3 is 19.8 Å². The number of carbonyl (C=O) groups excluding carboxylic acids is 2. The van der Waals surface area contributed by atoms with Gasteiger partial charge in [-0.3, -0.25) is 14.5 Å². The Hall–Kier alpha value is -3.76. The van der Waals surface area contributed by atoms with E-state index >= 15 is 0 Å². The van der Waals surface area contributed by atoms with Crippen molar-refractivity contribution in [1.29, 1.82) is 0 Å². The quantitative estimate of drug-likeness (QED) is 0.417. The summed E-state index contributed by atoms with van der Waals surface area (Å²) in [5.41, 5.74) is 8.18. The summed E-state index contributed by atoms with van der Waals surface area (Å²) in [5, 5.41) is 1.08. The number of imidazole rings is 1. The molecule has 0 bridgehead atoms. The van der Waals surface area contributed by atoms with Crippen molar-refractivity contribution >= 4 is 52.0 Å². The summed E-state index contributed by atoms with van der Waals surface area (Å²) in [7, 11) is 0. The number of rotatable bonds is 5. The number of carbonyl (C=O) groups is 2. The van der Waals surface area contributed by atoms with Crippen LogP contribution in [0.15, 0.2) is 58.7 Å². The van der Waals surface area contributed by atoms with Gasteiger partial charge in [-0.1, -0.05) is 23.7 Å². The van der Waals surface area contributed by atoms with Crippen molar-refractivity contribution in [3.8, 4) is 11.5 Å². The van der Waals surface area contributed by atoms with Crippen LogP contribution in [0.25, 0.3) is 11.0 Å². The first-order chi connectivity index (χ1) is 16.5. The number of hydrogen-bond donors (Lipinski definition) is 1. The van der Waals surface area contributed by atoms with Crippen molar-refractivity contribution < 1.29 is 19.1 Å². The summed E-state index contributed by atoms with van der Waals surface area (Å²) < 4.78 is 12.8. The van der Waals surface area contributed by atoms with E-state index in [1.807, 2.05) is 4.57 Å². The van der Waals surface area contributed by atoms with E-state index in [0.717, 1.165) is 10.4 Å². The zero-order chi connectivity index (χ0) is 23.4. The Morgan fingerprint density at radius 3 is 2.47 bits per heavy atom. The highest BCUT2D eigenvalue weighted by atomic mass is 35.5. The first-order valence-electron chi connectivity index (χ1n) is 10.3. The molecular formula is C23H16ClN5O4S. The number of nitrogen functional groups attached to an aromatic ring is 1. The fourth-order valence-electron chi connectivity index (χ4n) is 4.06. The molecule has 0 saturated heterocycles. The normalized spacial score (nSPS) is 14.3. The first kappa shape index (κ1) is 20.8. The predicted octanol–water partition coefficient (Wildman–Crippen LogP) is 3.84. The van der Waals surface area contributed by atoms with Crippen LogP contribution in [0.3, 0.4) is 0 Å². The fourth-order valence-corrected chi connectivity index (χ4v) is 5.29. The molecule has 2 aromatic carbocycles. The molecular weight excluding hydrogens is 478 g/mol. The molecule has 2 N–H and O–H groups in total. The van der Waals surface area contributed by atoms with Crippen LogP contribution >= 0.6 is 23.4 Å². The van der Waals surface area contributed by atoms with Crippen LogP contribution in [0, 0.1) is 0 Å². The SMILES string of the molecule is Nc1nccc2c1nc(Sc1cc3c(cc1Cl)OCO3)n2CCN1C(=O)c2ccccc2C1=O. The van der Waals surface area contributed by atoms with Gasteiger partial charge in [-0.15, -0.1) is 0 Å². The summed E-state index contributed by atoms with van der Waals surface area (Å²) in [6.07, 6.45) is 1.60. The van der Waals surface area contributed by atoms with Crippen LogP contribution in [0.1, 0.15) is 20.7 Å². The smallest absolute Gasteiger partial charge is 0.261 e. The lowest BCUT2D eigenvalue weighted by Crippen LogP contribution is -2.33. The Morgan fingerprint density at radius 2 is 1.74 bits per heavy atom. The first-order valence-corrected chi connectivity index (χ1v) is 11.5. The van der Waals surface area contributed by atoms with Crippen molar-refractivity contribution in [2.75, 3.05) is 19.1 Å². The molecule has 2 amide bonds. The Morgan fingerprint density at radius 1 is 1.03 bits per heavy atom. The van der Waals surface area contributed by atoms with Gasteiger partial charge >= 0.3 is 0 Å². The largest absolute Gasteiger partial charge is 0.454 e. The Kier molecular flexibility index (Phi) is 4.85. The van der Waals surface area contributed by atoms with E-state index in [0.29, 0.717) is 44.9 Å².